The first-order valence-electron chi connectivity index (χ1n) is 5.67. The molecule has 16 heavy (non-hydrogen) atoms. The second kappa shape index (κ2) is 5.12. The summed E-state index contributed by atoms with van der Waals surface area (Å²) in [4.78, 5) is 15.4. The summed E-state index contributed by atoms with van der Waals surface area (Å²) >= 11 is 0. The molecule has 1 fully saturated rings. The summed E-state index contributed by atoms with van der Waals surface area (Å²) in [6.45, 7) is 3.24. The largest absolute Gasteiger partial charge is 0.465 e. The monoisotopic (exact) mass is 223 g/mol. The quantitative estimate of drug-likeness (QED) is 0.721. The Morgan fingerprint density at radius 3 is 3.19 bits per heavy atom. The standard InChI is InChI=1S/C11H17N3O2/c1-2-16-11(15)7-14-6-10(13-8-14)5-12-9-3-4-9/h6,8-9,12H,2-5,7H2,1H3. The molecule has 0 aliphatic heterocycles. The fourth-order valence-corrected chi connectivity index (χ4v) is 1.48. The smallest absolute Gasteiger partial charge is 0.325 e. The van der Waals surface area contributed by atoms with Crippen molar-refractivity contribution in [2.24, 2.45) is 0 Å². The fourth-order valence-electron chi connectivity index (χ4n) is 1.48. The van der Waals surface area contributed by atoms with E-state index in [4.69, 9.17) is 4.74 Å². The number of nitrogens with one attached hydrogen (secondary N) is 1. The van der Waals surface area contributed by atoms with Crippen molar-refractivity contribution in [3.63, 3.8) is 0 Å². The highest BCUT2D eigenvalue weighted by Crippen LogP contribution is 2.18. The molecule has 0 aromatic carbocycles. The van der Waals surface area contributed by atoms with Crippen molar-refractivity contribution < 1.29 is 9.53 Å². The Balaban J connectivity index is 1.78. The molecule has 2 rings (SSSR count). The number of nitrogens with zero attached hydrogens (tertiary/aromatic N) is 2. The molecule has 5 heteroatoms. The molecule has 5 nitrogen and oxygen atoms in total. The van der Waals surface area contributed by atoms with Crippen LogP contribution in [0.5, 0.6) is 0 Å². The van der Waals surface area contributed by atoms with Gasteiger partial charge in [-0.2, -0.15) is 0 Å². The molecule has 0 saturated heterocycles. The predicted octanol–water partition coefficient (Wildman–Crippen LogP) is 0.698. The molecule has 1 saturated carbocycles. The number of carbonyl (C=O) groups excluding carboxylic acids is 1. The maximum Gasteiger partial charge on any atom is 0.325 e. The second-order valence-corrected chi connectivity index (χ2v) is 4.00. The van der Waals surface area contributed by atoms with Crippen LogP contribution in [0, 0.1) is 0 Å². The molecule has 1 aliphatic carbocycles. The molecule has 0 radical (unpaired) electrons. The SMILES string of the molecule is CCOC(=O)Cn1cnc(CNC2CC2)c1. The van der Waals surface area contributed by atoms with Gasteiger partial charge in [0.25, 0.3) is 0 Å². The zero-order valence-corrected chi connectivity index (χ0v) is 9.48. The summed E-state index contributed by atoms with van der Waals surface area (Å²) < 4.78 is 6.61. The van der Waals surface area contributed by atoms with Crippen molar-refractivity contribution in [2.75, 3.05) is 6.61 Å². The first-order chi connectivity index (χ1) is 7.78. The van der Waals surface area contributed by atoms with Gasteiger partial charge < -0.3 is 14.6 Å². The van der Waals surface area contributed by atoms with Crippen LogP contribution in [-0.4, -0.2) is 28.2 Å². The Labute approximate surface area is 94.8 Å². The molecule has 0 bridgehead atoms. The lowest BCUT2D eigenvalue weighted by atomic mass is 10.4. The summed E-state index contributed by atoms with van der Waals surface area (Å²) in [5.74, 6) is -0.221. The number of rotatable bonds is 6. The molecule has 0 spiro atoms. The van der Waals surface area contributed by atoms with E-state index in [-0.39, 0.29) is 12.5 Å². The first-order valence-corrected chi connectivity index (χ1v) is 5.67. The van der Waals surface area contributed by atoms with Crippen LogP contribution in [0.15, 0.2) is 12.5 Å². The molecule has 1 aliphatic rings. The zero-order chi connectivity index (χ0) is 11.4. The molecule has 1 heterocycles. The third-order valence-corrected chi connectivity index (χ3v) is 2.45. The summed E-state index contributed by atoms with van der Waals surface area (Å²) in [6.07, 6.45) is 6.08. The van der Waals surface area contributed by atoms with Gasteiger partial charge in [0, 0.05) is 18.8 Å². The maximum absolute atomic E-state index is 11.2. The molecule has 0 unspecified atom stereocenters. The Hall–Kier alpha value is -1.36. The third kappa shape index (κ3) is 3.34. The summed E-state index contributed by atoms with van der Waals surface area (Å²) in [5.41, 5.74) is 0.969. The summed E-state index contributed by atoms with van der Waals surface area (Å²) in [6, 6.07) is 0.676. The molecule has 1 N–H and O–H groups in total. The fraction of sp³-hybridized carbons (Fsp3) is 0.636. The lowest BCUT2D eigenvalue weighted by Crippen LogP contribution is -2.15. The van der Waals surface area contributed by atoms with Gasteiger partial charge in [0.15, 0.2) is 0 Å². The van der Waals surface area contributed by atoms with Gasteiger partial charge in [-0.1, -0.05) is 0 Å². The zero-order valence-electron chi connectivity index (χ0n) is 9.48. The molecule has 88 valence electrons. The second-order valence-electron chi connectivity index (χ2n) is 4.00. The normalized spacial score (nSPS) is 15.1. The maximum atomic E-state index is 11.2. The lowest BCUT2D eigenvalue weighted by Gasteiger charge is -2.01. The van der Waals surface area contributed by atoms with Crippen LogP contribution < -0.4 is 5.32 Å². The van der Waals surface area contributed by atoms with Crippen molar-refractivity contribution >= 4 is 5.97 Å². The summed E-state index contributed by atoms with van der Waals surface area (Å²) in [7, 11) is 0. The number of hydrogen-bond donors (Lipinski definition) is 1. The predicted molar refractivity (Wildman–Crippen MR) is 58.7 cm³/mol. The van der Waals surface area contributed by atoms with Gasteiger partial charge in [-0.15, -0.1) is 0 Å². The molecule has 0 amide bonds. The van der Waals surface area contributed by atoms with Gasteiger partial charge >= 0.3 is 5.97 Å². The minimum atomic E-state index is -0.221. The van der Waals surface area contributed by atoms with E-state index in [1.165, 1.54) is 12.8 Å². The molecular formula is C11H17N3O2. The van der Waals surface area contributed by atoms with Crippen LogP contribution in [0.3, 0.4) is 0 Å². The number of ether oxygens (including phenoxy) is 1. The topological polar surface area (TPSA) is 56.2 Å². The van der Waals surface area contributed by atoms with Gasteiger partial charge in [-0.25, -0.2) is 4.98 Å². The van der Waals surface area contributed by atoms with E-state index in [1.54, 1.807) is 17.8 Å². The van der Waals surface area contributed by atoms with Crippen LogP contribution in [0.1, 0.15) is 25.5 Å². The lowest BCUT2D eigenvalue weighted by molar-refractivity contribution is -0.143. The highest BCUT2D eigenvalue weighted by molar-refractivity contribution is 5.69. The Morgan fingerprint density at radius 1 is 1.69 bits per heavy atom. The van der Waals surface area contributed by atoms with Crippen LogP contribution in [0.4, 0.5) is 0 Å². The van der Waals surface area contributed by atoms with Crippen LogP contribution in [-0.2, 0) is 22.6 Å². The average Bonchev–Trinajstić information content (AvgIpc) is 2.98. The van der Waals surface area contributed by atoms with Crippen molar-refractivity contribution in [1.29, 1.82) is 0 Å². The van der Waals surface area contributed by atoms with E-state index in [0.717, 1.165) is 12.2 Å². The van der Waals surface area contributed by atoms with Gasteiger partial charge in [0.2, 0.25) is 0 Å². The van der Waals surface area contributed by atoms with E-state index in [2.05, 4.69) is 10.3 Å². The van der Waals surface area contributed by atoms with Crippen molar-refractivity contribution in [3.8, 4) is 0 Å². The molecule has 0 atom stereocenters. The van der Waals surface area contributed by atoms with Gasteiger partial charge in [0.1, 0.15) is 6.54 Å². The van der Waals surface area contributed by atoms with Crippen molar-refractivity contribution in [1.82, 2.24) is 14.9 Å². The number of esters is 1. The van der Waals surface area contributed by atoms with E-state index < -0.39 is 0 Å². The Kier molecular flexibility index (Phi) is 3.56. The highest BCUT2D eigenvalue weighted by atomic mass is 16.5. The number of carbonyl (C=O) groups is 1. The summed E-state index contributed by atoms with van der Waals surface area (Å²) in [5, 5.41) is 3.37. The third-order valence-electron chi connectivity index (χ3n) is 2.45. The van der Waals surface area contributed by atoms with Gasteiger partial charge in [-0.05, 0) is 19.8 Å². The molecule has 1 aromatic rings. The minimum Gasteiger partial charge on any atom is -0.465 e. The van der Waals surface area contributed by atoms with Crippen LogP contribution in [0.25, 0.3) is 0 Å². The number of aromatic nitrogens is 2. The highest BCUT2D eigenvalue weighted by Gasteiger charge is 2.20. The molecule has 1 aromatic heterocycles. The van der Waals surface area contributed by atoms with E-state index >= 15 is 0 Å². The average molecular weight is 223 g/mol. The Bertz CT molecular complexity index is 358. The number of imidazole rings is 1. The Morgan fingerprint density at radius 2 is 2.50 bits per heavy atom. The van der Waals surface area contributed by atoms with E-state index in [1.807, 2.05) is 6.20 Å². The van der Waals surface area contributed by atoms with Crippen LogP contribution in [0.2, 0.25) is 0 Å². The van der Waals surface area contributed by atoms with Gasteiger partial charge in [-0.3, -0.25) is 4.79 Å². The number of hydrogen-bond acceptors (Lipinski definition) is 4. The minimum absolute atomic E-state index is 0.221. The van der Waals surface area contributed by atoms with E-state index in [9.17, 15) is 4.79 Å². The van der Waals surface area contributed by atoms with E-state index in [0.29, 0.717) is 12.6 Å². The van der Waals surface area contributed by atoms with Crippen molar-refractivity contribution in [2.45, 2.75) is 38.9 Å². The van der Waals surface area contributed by atoms with Gasteiger partial charge in [0.05, 0.1) is 18.6 Å². The van der Waals surface area contributed by atoms with Crippen molar-refractivity contribution in [3.05, 3.63) is 18.2 Å². The van der Waals surface area contributed by atoms with Crippen LogP contribution >= 0.6 is 0 Å². The first kappa shape index (κ1) is 11.1. The molecular weight excluding hydrogens is 206 g/mol.